The van der Waals surface area contributed by atoms with Gasteiger partial charge in [0.05, 0.1) is 29.8 Å². The third kappa shape index (κ3) is 3.90. The third-order valence-electron chi connectivity index (χ3n) is 6.90. The zero-order chi connectivity index (χ0) is 25.7. The molecule has 0 radical (unpaired) electrons. The van der Waals surface area contributed by atoms with Gasteiger partial charge in [0.15, 0.2) is 11.2 Å². The van der Waals surface area contributed by atoms with Gasteiger partial charge in [-0.15, -0.1) is 0 Å². The minimum atomic E-state index is -0.370. The molecule has 2 unspecified atom stereocenters. The Kier molecular flexibility index (Phi) is 5.61. The molecular formula is C26H26N8O3. The number of furan rings is 1. The molecular weight excluding hydrogens is 472 g/mol. The minimum absolute atomic E-state index is 0.0750. The molecule has 11 heteroatoms. The Hall–Kier alpha value is -4.30. The van der Waals surface area contributed by atoms with Crippen molar-refractivity contribution in [3.63, 3.8) is 0 Å². The molecule has 6 rings (SSSR count). The van der Waals surface area contributed by atoms with E-state index in [4.69, 9.17) is 14.1 Å². The fourth-order valence-electron chi connectivity index (χ4n) is 5.23. The number of ether oxygens (including phenoxy) is 1. The molecule has 0 bridgehead atoms. The van der Waals surface area contributed by atoms with Crippen molar-refractivity contribution in [3.8, 4) is 28.6 Å². The maximum atomic E-state index is 13.7. The first kappa shape index (κ1) is 23.1. The van der Waals surface area contributed by atoms with Crippen molar-refractivity contribution in [3.05, 3.63) is 46.9 Å². The normalized spacial score (nSPS) is 18.0. The van der Waals surface area contributed by atoms with Gasteiger partial charge in [0.1, 0.15) is 22.8 Å². The van der Waals surface area contributed by atoms with Crippen molar-refractivity contribution in [2.75, 3.05) is 6.61 Å². The van der Waals surface area contributed by atoms with Gasteiger partial charge in [0.2, 0.25) is 0 Å². The monoisotopic (exact) mass is 498 g/mol. The van der Waals surface area contributed by atoms with Crippen molar-refractivity contribution in [2.24, 2.45) is 14.1 Å². The largest absolute Gasteiger partial charge is 0.450 e. The minimum Gasteiger partial charge on any atom is -0.450 e. The molecule has 1 saturated heterocycles. The predicted molar refractivity (Wildman–Crippen MR) is 136 cm³/mol. The Labute approximate surface area is 211 Å². The SMILES string of the molecule is CCCC1CC(n2c(=O)nc(-c3cnn(C)c3)c3oc4cc(C#N)c(-c5cnn(C)c5)nc4c32)CCO1. The van der Waals surface area contributed by atoms with Gasteiger partial charge in [-0.25, -0.2) is 9.78 Å². The van der Waals surface area contributed by atoms with Gasteiger partial charge in [-0.1, -0.05) is 13.3 Å². The topological polar surface area (TPSA) is 130 Å². The van der Waals surface area contributed by atoms with E-state index in [9.17, 15) is 10.1 Å². The lowest BCUT2D eigenvalue weighted by Crippen LogP contribution is -2.34. The summed E-state index contributed by atoms with van der Waals surface area (Å²) in [7, 11) is 3.61. The molecule has 6 heterocycles. The number of rotatable bonds is 5. The Bertz CT molecular complexity index is 1730. The van der Waals surface area contributed by atoms with E-state index in [-0.39, 0.29) is 17.8 Å². The van der Waals surface area contributed by atoms with Gasteiger partial charge in [0.25, 0.3) is 0 Å². The first-order valence-corrected chi connectivity index (χ1v) is 12.4. The number of aromatic nitrogens is 7. The molecule has 0 saturated carbocycles. The Morgan fingerprint density at radius 1 is 1.11 bits per heavy atom. The fourth-order valence-corrected chi connectivity index (χ4v) is 5.23. The maximum absolute atomic E-state index is 13.7. The Morgan fingerprint density at radius 3 is 2.49 bits per heavy atom. The molecule has 5 aromatic heterocycles. The molecule has 1 aliphatic heterocycles. The summed E-state index contributed by atoms with van der Waals surface area (Å²) >= 11 is 0. The molecule has 0 amide bonds. The lowest BCUT2D eigenvalue weighted by molar-refractivity contribution is -0.0101. The number of hydrogen-bond acceptors (Lipinski definition) is 8. The van der Waals surface area contributed by atoms with Crippen LogP contribution >= 0.6 is 0 Å². The van der Waals surface area contributed by atoms with E-state index in [2.05, 4.69) is 28.2 Å². The highest BCUT2D eigenvalue weighted by atomic mass is 16.5. The van der Waals surface area contributed by atoms with Crippen LogP contribution in [-0.4, -0.2) is 46.8 Å². The molecule has 37 heavy (non-hydrogen) atoms. The molecule has 2 atom stereocenters. The number of hydrogen-bond donors (Lipinski definition) is 0. The first-order chi connectivity index (χ1) is 18.0. The van der Waals surface area contributed by atoms with Crippen LogP contribution in [-0.2, 0) is 18.8 Å². The van der Waals surface area contributed by atoms with Crippen molar-refractivity contribution in [2.45, 2.75) is 44.8 Å². The molecule has 1 fully saturated rings. The fraction of sp³-hybridized carbons (Fsp3) is 0.385. The summed E-state index contributed by atoms with van der Waals surface area (Å²) in [6.07, 6.45) is 10.3. The molecule has 0 aromatic carbocycles. The highest BCUT2D eigenvalue weighted by Crippen LogP contribution is 2.38. The number of nitrogens with zero attached hydrogens (tertiary/aromatic N) is 8. The summed E-state index contributed by atoms with van der Waals surface area (Å²) in [4.78, 5) is 23.0. The summed E-state index contributed by atoms with van der Waals surface area (Å²) in [5.41, 5.74) is 4.20. The summed E-state index contributed by atoms with van der Waals surface area (Å²) in [5.74, 6) is 0. The van der Waals surface area contributed by atoms with Crippen LogP contribution in [0.4, 0.5) is 0 Å². The lowest BCUT2D eigenvalue weighted by Gasteiger charge is -2.30. The number of fused-ring (bicyclic) bond motifs is 3. The number of aryl methyl sites for hydroxylation is 2. The maximum Gasteiger partial charge on any atom is 0.349 e. The predicted octanol–water partition coefficient (Wildman–Crippen LogP) is 3.73. The van der Waals surface area contributed by atoms with Crippen LogP contribution in [0, 0.1) is 11.3 Å². The summed E-state index contributed by atoms with van der Waals surface area (Å²) in [6, 6.07) is 3.79. The summed E-state index contributed by atoms with van der Waals surface area (Å²) in [5, 5.41) is 18.4. The molecule has 1 aliphatic rings. The second kappa shape index (κ2) is 8.97. The van der Waals surface area contributed by atoms with E-state index in [0.717, 1.165) is 12.8 Å². The van der Waals surface area contributed by atoms with Gasteiger partial charge in [-0.05, 0) is 19.3 Å². The Morgan fingerprint density at radius 2 is 1.84 bits per heavy atom. The van der Waals surface area contributed by atoms with Gasteiger partial charge in [-0.3, -0.25) is 13.9 Å². The van der Waals surface area contributed by atoms with Crippen LogP contribution in [0.15, 0.2) is 40.1 Å². The summed E-state index contributed by atoms with van der Waals surface area (Å²) < 4.78 is 17.3. The zero-order valence-electron chi connectivity index (χ0n) is 20.9. The van der Waals surface area contributed by atoms with Crippen LogP contribution in [0.1, 0.15) is 44.2 Å². The Balaban J connectivity index is 1.67. The van der Waals surface area contributed by atoms with Gasteiger partial charge >= 0.3 is 5.69 Å². The van der Waals surface area contributed by atoms with Crippen LogP contribution < -0.4 is 5.69 Å². The van der Waals surface area contributed by atoms with Crippen LogP contribution in [0.3, 0.4) is 0 Å². The van der Waals surface area contributed by atoms with Crippen molar-refractivity contribution >= 4 is 22.2 Å². The van der Waals surface area contributed by atoms with Crippen LogP contribution in [0.5, 0.6) is 0 Å². The van der Waals surface area contributed by atoms with Crippen molar-refractivity contribution < 1.29 is 9.15 Å². The molecule has 0 spiro atoms. The molecule has 5 aromatic rings. The molecule has 11 nitrogen and oxygen atoms in total. The smallest absolute Gasteiger partial charge is 0.349 e. The zero-order valence-corrected chi connectivity index (χ0v) is 20.9. The van der Waals surface area contributed by atoms with E-state index in [1.54, 1.807) is 51.8 Å². The highest BCUT2D eigenvalue weighted by molar-refractivity contribution is 6.05. The van der Waals surface area contributed by atoms with Crippen molar-refractivity contribution in [1.29, 1.82) is 5.26 Å². The van der Waals surface area contributed by atoms with Crippen LogP contribution in [0.25, 0.3) is 44.7 Å². The van der Waals surface area contributed by atoms with E-state index in [0.29, 0.717) is 69.7 Å². The molecule has 0 aliphatic carbocycles. The van der Waals surface area contributed by atoms with Gasteiger partial charge < -0.3 is 9.15 Å². The quantitative estimate of drug-likeness (QED) is 0.358. The molecule has 0 N–H and O–H groups in total. The highest BCUT2D eigenvalue weighted by Gasteiger charge is 2.30. The molecule has 188 valence electrons. The number of nitriles is 1. The van der Waals surface area contributed by atoms with E-state index in [1.165, 1.54) is 0 Å². The van der Waals surface area contributed by atoms with E-state index in [1.807, 2.05) is 7.05 Å². The standard InChI is InChI=1S/C26H26N8O3/c1-4-5-19-9-18(6-7-36-19)34-24-23-20(8-15(10-27)21(30-23)16-11-28-32(2)13-16)37-25(24)22(31-26(34)35)17-12-29-33(3)14-17/h8,11-14,18-19H,4-7,9H2,1-3H3. The van der Waals surface area contributed by atoms with E-state index >= 15 is 0 Å². The second-order valence-electron chi connectivity index (χ2n) is 9.50. The number of pyridine rings is 1. The second-order valence-corrected chi connectivity index (χ2v) is 9.50. The average molecular weight is 499 g/mol. The lowest BCUT2D eigenvalue weighted by atomic mass is 9.99. The van der Waals surface area contributed by atoms with Crippen molar-refractivity contribution in [1.82, 2.24) is 34.1 Å². The summed E-state index contributed by atoms with van der Waals surface area (Å²) in [6.45, 7) is 2.69. The average Bonchev–Trinajstić information content (AvgIpc) is 3.61. The first-order valence-electron chi connectivity index (χ1n) is 12.4. The van der Waals surface area contributed by atoms with Gasteiger partial charge in [-0.2, -0.15) is 20.4 Å². The van der Waals surface area contributed by atoms with E-state index < -0.39 is 0 Å². The third-order valence-corrected chi connectivity index (χ3v) is 6.90. The van der Waals surface area contributed by atoms with Crippen LogP contribution in [0.2, 0.25) is 0 Å². The van der Waals surface area contributed by atoms with Gasteiger partial charge in [0, 0.05) is 56.3 Å².